The molecule has 1 atom stereocenters. The maximum atomic E-state index is 10.9. The van der Waals surface area contributed by atoms with Gasteiger partial charge in [0.25, 0.3) is 0 Å². The Bertz CT molecular complexity index is 164. The second-order valence-electron chi connectivity index (χ2n) is 2.53. The molecule has 1 aliphatic carbocycles. The molecule has 1 rings (SSSR count). The van der Waals surface area contributed by atoms with Crippen LogP contribution in [0, 0.1) is 23.2 Å². The maximum Gasteiger partial charge on any atom is 0.152 e. The Morgan fingerprint density at radius 3 is 2.67 bits per heavy atom. The van der Waals surface area contributed by atoms with E-state index in [0.29, 0.717) is 0 Å². The van der Waals surface area contributed by atoms with Gasteiger partial charge in [-0.3, -0.25) is 4.79 Å². The molecule has 1 fully saturated rings. The molecule has 2 nitrogen and oxygen atoms in total. The molecule has 1 unspecified atom stereocenters. The van der Waals surface area contributed by atoms with Crippen molar-refractivity contribution in [1.29, 1.82) is 5.26 Å². The average molecular weight is 123 g/mol. The highest BCUT2D eigenvalue weighted by atomic mass is 16.1. The van der Waals surface area contributed by atoms with Gasteiger partial charge in [0.05, 0.1) is 6.07 Å². The quantitative estimate of drug-likeness (QED) is 0.552. The van der Waals surface area contributed by atoms with Gasteiger partial charge < -0.3 is 0 Å². The molecule has 0 N–H and O–H groups in total. The molecule has 0 heterocycles. The Morgan fingerprint density at radius 2 is 2.33 bits per heavy atom. The third-order valence-electron chi connectivity index (χ3n) is 1.60. The first-order valence-electron chi connectivity index (χ1n) is 3.19. The molecule has 1 aliphatic rings. The fourth-order valence-electron chi connectivity index (χ4n) is 0.785. The fourth-order valence-corrected chi connectivity index (χ4v) is 0.785. The van der Waals surface area contributed by atoms with Crippen LogP contribution in [0.4, 0.5) is 0 Å². The molecular weight excluding hydrogens is 114 g/mol. The summed E-state index contributed by atoms with van der Waals surface area (Å²) < 4.78 is 0. The van der Waals surface area contributed by atoms with Crippen LogP contribution in [0.2, 0.25) is 0 Å². The monoisotopic (exact) mass is 123 g/mol. The fraction of sp³-hybridized carbons (Fsp3) is 0.714. The molecule has 9 heavy (non-hydrogen) atoms. The highest BCUT2D eigenvalue weighted by molar-refractivity contribution is 5.87. The van der Waals surface area contributed by atoms with Crippen LogP contribution < -0.4 is 0 Å². The summed E-state index contributed by atoms with van der Waals surface area (Å²) >= 11 is 0. The van der Waals surface area contributed by atoms with E-state index in [1.54, 1.807) is 6.92 Å². The van der Waals surface area contributed by atoms with E-state index in [0.717, 1.165) is 12.8 Å². The molecule has 0 radical (unpaired) electrons. The number of nitriles is 1. The summed E-state index contributed by atoms with van der Waals surface area (Å²) in [4.78, 5) is 10.9. The lowest BCUT2D eigenvalue weighted by Gasteiger charge is -1.95. The van der Waals surface area contributed by atoms with Crippen molar-refractivity contribution in [3.63, 3.8) is 0 Å². The maximum absolute atomic E-state index is 10.9. The average Bonchev–Trinajstić information content (AvgIpc) is 2.66. The van der Waals surface area contributed by atoms with Crippen molar-refractivity contribution in [1.82, 2.24) is 0 Å². The lowest BCUT2D eigenvalue weighted by Crippen LogP contribution is -2.09. The molecule has 0 spiro atoms. The first-order chi connectivity index (χ1) is 4.25. The van der Waals surface area contributed by atoms with Crippen molar-refractivity contribution in [3.8, 4) is 6.07 Å². The summed E-state index contributed by atoms with van der Waals surface area (Å²) in [7, 11) is 0. The molecular formula is C7H9NO. The normalized spacial score (nSPS) is 20.4. The van der Waals surface area contributed by atoms with E-state index in [1.807, 2.05) is 6.07 Å². The van der Waals surface area contributed by atoms with Crippen molar-refractivity contribution >= 4 is 5.78 Å². The Balaban J connectivity index is 2.42. The lowest BCUT2D eigenvalue weighted by molar-refractivity contribution is -0.122. The third kappa shape index (κ3) is 1.29. The van der Waals surface area contributed by atoms with E-state index >= 15 is 0 Å². The van der Waals surface area contributed by atoms with Crippen LogP contribution in [-0.2, 0) is 4.79 Å². The molecule has 48 valence electrons. The Morgan fingerprint density at radius 1 is 1.78 bits per heavy atom. The second-order valence-corrected chi connectivity index (χ2v) is 2.53. The topological polar surface area (TPSA) is 40.9 Å². The standard InChI is InChI=1S/C7H9NO/c1-5(4-8)7(9)6-2-3-6/h5-6H,2-3H2,1H3. The van der Waals surface area contributed by atoms with Crippen molar-refractivity contribution in [2.24, 2.45) is 11.8 Å². The molecule has 0 aromatic carbocycles. The van der Waals surface area contributed by atoms with Gasteiger partial charge in [-0.25, -0.2) is 0 Å². The van der Waals surface area contributed by atoms with Gasteiger partial charge in [-0.2, -0.15) is 5.26 Å². The van der Waals surface area contributed by atoms with Crippen LogP contribution in [0.5, 0.6) is 0 Å². The van der Waals surface area contributed by atoms with Gasteiger partial charge in [-0.15, -0.1) is 0 Å². The van der Waals surface area contributed by atoms with Crippen LogP contribution in [0.3, 0.4) is 0 Å². The first-order valence-corrected chi connectivity index (χ1v) is 3.19. The van der Waals surface area contributed by atoms with Crippen LogP contribution in [0.15, 0.2) is 0 Å². The van der Waals surface area contributed by atoms with Crippen LogP contribution >= 0.6 is 0 Å². The van der Waals surface area contributed by atoms with Gasteiger partial charge in [0.1, 0.15) is 5.92 Å². The summed E-state index contributed by atoms with van der Waals surface area (Å²) in [5.74, 6) is -0.00495. The predicted molar refractivity (Wildman–Crippen MR) is 32.5 cm³/mol. The number of hydrogen-bond acceptors (Lipinski definition) is 2. The molecule has 0 bridgehead atoms. The Labute approximate surface area is 54.5 Å². The zero-order valence-corrected chi connectivity index (χ0v) is 5.42. The predicted octanol–water partition coefficient (Wildman–Crippen LogP) is 1.13. The highest BCUT2D eigenvalue weighted by Gasteiger charge is 2.32. The third-order valence-corrected chi connectivity index (χ3v) is 1.60. The summed E-state index contributed by atoms with van der Waals surface area (Å²) in [6, 6.07) is 1.94. The largest absolute Gasteiger partial charge is 0.298 e. The van der Waals surface area contributed by atoms with Crippen LogP contribution in [-0.4, -0.2) is 5.78 Å². The van der Waals surface area contributed by atoms with E-state index in [1.165, 1.54) is 0 Å². The Kier molecular flexibility index (Phi) is 1.52. The van der Waals surface area contributed by atoms with Gasteiger partial charge in [-0.05, 0) is 19.8 Å². The van der Waals surface area contributed by atoms with Crippen molar-refractivity contribution in [2.75, 3.05) is 0 Å². The molecule has 0 aromatic heterocycles. The minimum absolute atomic E-state index is 0.137. The van der Waals surface area contributed by atoms with Crippen molar-refractivity contribution in [3.05, 3.63) is 0 Å². The number of Topliss-reactive ketones (excluding diaryl/α,β-unsaturated/α-hetero) is 1. The van der Waals surface area contributed by atoms with Gasteiger partial charge in [-0.1, -0.05) is 0 Å². The summed E-state index contributed by atoms with van der Waals surface area (Å²) in [5.41, 5.74) is 0. The van der Waals surface area contributed by atoms with Gasteiger partial charge in [0.2, 0.25) is 0 Å². The number of hydrogen-bond donors (Lipinski definition) is 0. The summed E-state index contributed by atoms with van der Waals surface area (Å²) in [6.07, 6.45) is 2.01. The lowest BCUT2D eigenvalue weighted by atomic mass is 10.1. The number of carbonyl (C=O) groups is 1. The van der Waals surface area contributed by atoms with Crippen LogP contribution in [0.1, 0.15) is 19.8 Å². The number of rotatable bonds is 2. The molecule has 0 amide bonds. The SMILES string of the molecule is CC(C#N)C(=O)C1CC1. The zero-order valence-electron chi connectivity index (χ0n) is 5.42. The van der Waals surface area contributed by atoms with E-state index < -0.39 is 0 Å². The summed E-state index contributed by atoms with van der Waals surface area (Å²) in [5, 5.41) is 8.31. The second kappa shape index (κ2) is 2.18. The Hall–Kier alpha value is -0.840. The minimum Gasteiger partial charge on any atom is -0.298 e. The van der Waals surface area contributed by atoms with E-state index in [2.05, 4.69) is 0 Å². The number of carbonyl (C=O) groups excluding carboxylic acids is 1. The summed E-state index contributed by atoms with van der Waals surface area (Å²) in [6.45, 7) is 1.67. The molecule has 0 aliphatic heterocycles. The van der Waals surface area contributed by atoms with Gasteiger partial charge >= 0.3 is 0 Å². The molecule has 0 aromatic rings. The van der Waals surface area contributed by atoms with Gasteiger partial charge in [0.15, 0.2) is 5.78 Å². The molecule has 1 saturated carbocycles. The molecule has 0 saturated heterocycles. The van der Waals surface area contributed by atoms with Crippen LogP contribution in [0.25, 0.3) is 0 Å². The minimum atomic E-state index is -0.377. The smallest absolute Gasteiger partial charge is 0.152 e. The number of ketones is 1. The van der Waals surface area contributed by atoms with Crippen molar-refractivity contribution in [2.45, 2.75) is 19.8 Å². The number of nitrogens with zero attached hydrogens (tertiary/aromatic N) is 1. The van der Waals surface area contributed by atoms with Gasteiger partial charge in [0, 0.05) is 5.92 Å². The van der Waals surface area contributed by atoms with E-state index in [4.69, 9.17) is 5.26 Å². The van der Waals surface area contributed by atoms with E-state index in [-0.39, 0.29) is 17.6 Å². The molecule has 2 heteroatoms. The van der Waals surface area contributed by atoms with E-state index in [9.17, 15) is 4.79 Å². The van der Waals surface area contributed by atoms with Crippen molar-refractivity contribution < 1.29 is 4.79 Å². The highest BCUT2D eigenvalue weighted by Crippen LogP contribution is 2.31. The first kappa shape index (κ1) is 6.28. The zero-order chi connectivity index (χ0) is 6.85.